The van der Waals surface area contributed by atoms with Crippen LogP contribution in [0, 0.1) is 0 Å². The molecule has 0 bridgehead atoms. The van der Waals surface area contributed by atoms with E-state index in [0.717, 1.165) is 11.4 Å². The SMILES string of the molecule is CC(Nc1cccc(N2CCCC2)c1)c1ccn[nH]1. The summed E-state index contributed by atoms with van der Waals surface area (Å²) in [5.41, 5.74) is 3.58. The molecule has 4 heteroatoms. The number of hydrogen-bond acceptors (Lipinski definition) is 3. The summed E-state index contributed by atoms with van der Waals surface area (Å²) in [5, 5.41) is 10.5. The summed E-state index contributed by atoms with van der Waals surface area (Å²) < 4.78 is 0. The molecule has 100 valence electrons. The van der Waals surface area contributed by atoms with Crippen LogP contribution in [-0.4, -0.2) is 23.3 Å². The largest absolute Gasteiger partial charge is 0.377 e. The van der Waals surface area contributed by atoms with Gasteiger partial charge in [-0.25, -0.2) is 0 Å². The van der Waals surface area contributed by atoms with Crippen LogP contribution in [0.1, 0.15) is 31.5 Å². The van der Waals surface area contributed by atoms with Crippen LogP contribution in [0.5, 0.6) is 0 Å². The molecule has 0 spiro atoms. The number of H-pyrrole nitrogens is 1. The molecular weight excluding hydrogens is 236 g/mol. The molecule has 1 unspecified atom stereocenters. The molecule has 1 aliphatic heterocycles. The number of benzene rings is 1. The van der Waals surface area contributed by atoms with E-state index in [1.165, 1.54) is 31.6 Å². The molecule has 0 amide bonds. The highest BCUT2D eigenvalue weighted by molar-refractivity contribution is 5.59. The van der Waals surface area contributed by atoms with Crippen LogP contribution in [0.15, 0.2) is 36.5 Å². The third kappa shape index (κ3) is 2.72. The van der Waals surface area contributed by atoms with E-state index >= 15 is 0 Å². The molecule has 1 aromatic carbocycles. The zero-order chi connectivity index (χ0) is 13.1. The van der Waals surface area contributed by atoms with Gasteiger partial charge in [-0.3, -0.25) is 5.10 Å². The number of rotatable bonds is 4. The molecule has 2 aromatic rings. The van der Waals surface area contributed by atoms with Crippen LogP contribution in [0.25, 0.3) is 0 Å². The average Bonchev–Trinajstić information content (AvgIpc) is 3.13. The molecule has 1 aromatic heterocycles. The Morgan fingerprint density at radius 2 is 2.11 bits per heavy atom. The van der Waals surface area contributed by atoms with Crippen LogP contribution in [0.3, 0.4) is 0 Å². The van der Waals surface area contributed by atoms with Crippen LogP contribution >= 0.6 is 0 Å². The monoisotopic (exact) mass is 256 g/mol. The van der Waals surface area contributed by atoms with Gasteiger partial charge in [0.05, 0.1) is 11.7 Å². The predicted molar refractivity (Wildman–Crippen MR) is 78.5 cm³/mol. The molecule has 19 heavy (non-hydrogen) atoms. The minimum Gasteiger partial charge on any atom is -0.377 e. The van der Waals surface area contributed by atoms with Crippen LogP contribution in [0.2, 0.25) is 0 Å². The van der Waals surface area contributed by atoms with Crippen molar-refractivity contribution < 1.29 is 0 Å². The summed E-state index contributed by atoms with van der Waals surface area (Å²) in [6, 6.07) is 10.9. The van der Waals surface area contributed by atoms with Crippen molar-refractivity contribution in [1.29, 1.82) is 0 Å². The van der Waals surface area contributed by atoms with Gasteiger partial charge in [0.1, 0.15) is 0 Å². The van der Waals surface area contributed by atoms with E-state index in [2.05, 4.69) is 51.6 Å². The minimum absolute atomic E-state index is 0.233. The molecule has 1 atom stereocenters. The number of aromatic nitrogens is 2. The molecule has 0 saturated carbocycles. The maximum absolute atomic E-state index is 3.99. The minimum atomic E-state index is 0.233. The Balaban J connectivity index is 1.72. The summed E-state index contributed by atoms with van der Waals surface area (Å²) >= 11 is 0. The number of hydrogen-bond donors (Lipinski definition) is 2. The summed E-state index contributed by atoms with van der Waals surface area (Å²) in [7, 11) is 0. The van der Waals surface area contributed by atoms with Gasteiger partial charge in [0.15, 0.2) is 0 Å². The number of nitrogens with zero attached hydrogens (tertiary/aromatic N) is 2. The van der Waals surface area contributed by atoms with Gasteiger partial charge in [-0.2, -0.15) is 5.10 Å². The van der Waals surface area contributed by atoms with E-state index in [4.69, 9.17) is 0 Å². The van der Waals surface area contributed by atoms with Crippen molar-refractivity contribution in [2.75, 3.05) is 23.3 Å². The van der Waals surface area contributed by atoms with E-state index in [1.54, 1.807) is 6.20 Å². The fraction of sp³-hybridized carbons (Fsp3) is 0.400. The van der Waals surface area contributed by atoms with Gasteiger partial charge in [0.2, 0.25) is 0 Å². The van der Waals surface area contributed by atoms with E-state index in [9.17, 15) is 0 Å². The molecule has 1 fully saturated rings. The van der Waals surface area contributed by atoms with Crippen molar-refractivity contribution in [1.82, 2.24) is 10.2 Å². The Morgan fingerprint density at radius 1 is 1.26 bits per heavy atom. The topological polar surface area (TPSA) is 44.0 Å². The van der Waals surface area contributed by atoms with Crippen LogP contribution in [0.4, 0.5) is 11.4 Å². The lowest BCUT2D eigenvalue weighted by Gasteiger charge is -2.20. The Morgan fingerprint density at radius 3 is 2.84 bits per heavy atom. The molecule has 2 heterocycles. The molecule has 2 N–H and O–H groups in total. The molecule has 3 rings (SSSR count). The third-order valence-electron chi connectivity index (χ3n) is 3.69. The normalized spacial score (nSPS) is 16.6. The molecule has 0 radical (unpaired) electrons. The second-order valence-electron chi connectivity index (χ2n) is 5.12. The second-order valence-corrected chi connectivity index (χ2v) is 5.12. The van der Waals surface area contributed by atoms with E-state index < -0.39 is 0 Å². The highest BCUT2D eigenvalue weighted by Crippen LogP contribution is 2.25. The first-order valence-corrected chi connectivity index (χ1v) is 6.94. The second kappa shape index (κ2) is 5.34. The molecular formula is C15H20N4. The predicted octanol–water partition coefficient (Wildman–Crippen LogP) is 3.18. The van der Waals surface area contributed by atoms with Gasteiger partial charge in [0, 0.05) is 30.7 Å². The van der Waals surface area contributed by atoms with E-state index in [-0.39, 0.29) is 6.04 Å². The quantitative estimate of drug-likeness (QED) is 0.883. The lowest BCUT2D eigenvalue weighted by atomic mass is 10.2. The van der Waals surface area contributed by atoms with Gasteiger partial charge in [0.25, 0.3) is 0 Å². The maximum atomic E-state index is 3.99. The molecule has 1 saturated heterocycles. The lowest BCUT2D eigenvalue weighted by molar-refractivity contribution is 0.825. The van der Waals surface area contributed by atoms with Gasteiger partial charge in [-0.1, -0.05) is 6.07 Å². The highest BCUT2D eigenvalue weighted by atomic mass is 15.1. The summed E-state index contributed by atoms with van der Waals surface area (Å²) in [6.07, 6.45) is 4.40. The van der Waals surface area contributed by atoms with Crippen LogP contribution < -0.4 is 10.2 Å². The van der Waals surface area contributed by atoms with Gasteiger partial charge in [-0.05, 0) is 44.0 Å². The van der Waals surface area contributed by atoms with Crippen LogP contribution in [-0.2, 0) is 0 Å². The van der Waals surface area contributed by atoms with Crippen molar-refractivity contribution in [2.45, 2.75) is 25.8 Å². The van der Waals surface area contributed by atoms with Crippen molar-refractivity contribution in [3.8, 4) is 0 Å². The fourth-order valence-corrected chi connectivity index (χ4v) is 2.60. The third-order valence-corrected chi connectivity index (χ3v) is 3.69. The average molecular weight is 256 g/mol. The number of aromatic amines is 1. The molecule has 0 aliphatic carbocycles. The number of anilines is 2. The standard InChI is InChI=1S/C15H20N4/c1-12(15-7-8-16-18-15)17-13-5-4-6-14(11-13)19-9-2-3-10-19/h4-8,11-12,17H,2-3,9-10H2,1H3,(H,16,18). The first kappa shape index (κ1) is 12.1. The van der Waals surface area contributed by atoms with Gasteiger partial charge >= 0.3 is 0 Å². The Labute approximate surface area is 113 Å². The van der Waals surface area contributed by atoms with Crippen molar-refractivity contribution in [3.05, 3.63) is 42.2 Å². The maximum Gasteiger partial charge on any atom is 0.0651 e. The molecule has 4 nitrogen and oxygen atoms in total. The van der Waals surface area contributed by atoms with Crippen molar-refractivity contribution in [2.24, 2.45) is 0 Å². The smallest absolute Gasteiger partial charge is 0.0651 e. The van der Waals surface area contributed by atoms with Crippen molar-refractivity contribution in [3.63, 3.8) is 0 Å². The van der Waals surface area contributed by atoms with Crippen molar-refractivity contribution >= 4 is 11.4 Å². The van der Waals surface area contributed by atoms with E-state index in [0.29, 0.717) is 0 Å². The number of nitrogens with one attached hydrogen (secondary N) is 2. The summed E-state index contributed by atoms with van der Waals surface area (Å²) in [6.45, 7) is 4.50. The van der Waals surface area contributed by atoms with E-state index in [1.807, 2.05) is 6.07 Å². The lowest BCUT2D eigenvalue weighted by Crippen LogP contribution is -2.17. The van der Waals surface area contributed by atoms with Gasteiger partial charge in [-0.15, -0.1) is 0 Å². The van der Waals surface area contributed by atoms with Gasteiger partial charge < -0.3 is 10.2 Å². The summed E-state index contributed by atoms with van der Waals surface area (Å²) in [4.78, 5) is 2.45. The Hall–Kier alpha value is -1.97. The highest BCUT2D eigenvalue weighted by Gasteiger charge is 2.13. The Bertz CT molecular complexity index is 515. The summed E-state index contributed by atoms with van der Waals surface area (Å²) in [5.74, 6) is 0. The first-order valence-electron chi connectivity index (χ1n) is 6.94. The first-order chi connectivity index (χ1) is 9.33. The zero-order valence-electron chi connectivity index (χ0n) is 11.3. The fourth-order valence-electron chi connectivity index (χ4n) is 2.60. The zero-order valence-corrected chi connectivity index (χ0v) is 11.3. The molecule has 1 aliphatic rings. The Kier molecular flexibility index (Phi) is 3.40.